The highest BCUT2D eigenvalue weighted by atomic mass is 16.6. The third kappa shape index (κ3) is 3.53. The Kier molecular flexibility index (Phi) is 5.32. The Morgan fingerprint density at radius 3 is 2.72 bits per heavy atom. The first-order chi connectivity index (χ1) is 15.4. The molecule has 4 rings (SSSR count). The maximum absolute atomic E-state index is 11.5. The van der Waals surface area contributed by atoms with Crippen LogP contribution in [0.2, 0.25) is 0 Å². The van der Waals surface area contributed by atoms with Gasteiger partial charge >= 0.3 is 0 Å². The molecule has 1 unspecified atom stereocenters. The number of non-ortho nitro benzene ring substituents is 1. The summed E-state index contributed by atoms with van der Waals surface area (Å²) in [5.41, 5.74) is 13.6. The van der Waals surface area contributed by atoms with E-state index in [0.29, 0.717) is 43.1 Å². The number of guanidine groups is 1. The van der Waals surface area contributed by atoms with E-state index in [4.69, 9.17) is 21.5 Å². The van der Waals surface area contributed by atoms with Gasteiger partial charge in [-0.3, -0.25) is 15.4 Å². The van der Waals surface area contributed by atoms with Crippen molar-refractivity contribution in [1.29, 1.82) is 10.5 Å². The quantitative estimate of drug-likeness (QED) is 0.230. The zero-order chi connectivity index (χ0) is 22.8. The number of fused-ring (bicyclic) bond motifs is 1. The summed E-state index contributed by atoms with van der Waals surface area (Å²) in [6, 6.07) is 5.53. The standard InChI is InChI=1S/C19H18N10O3/c20-8-12-15(22)14-16(25-19(24-9-21)27-18(14)26-17(12)23)11-7-10(29(30)31)1-2-13(11)28-3-5-32-6-4-28/h1-2,7,16H,3-6H2,(H6,22,23,24,25,26,27). The molecule has 6 N–H and O–H groups in total. The van der Waals surface area contributed by atoms with Crippen molar-refractivity contribution < 1.29 is 9.66 Å². The number of morpholine rings is 1. The smallest absolute Gasteiger partial charge is 0.269 e. The Bertz CT molecular complexity index is 1210. The fraction of sp³-hybridized carbons (Fsp3) is 0.263. The molecule has 2 aliphatic heterocycles. The molecule has 0 amide bonds. The molecule has 0 spiro atoms. The van der Waals surface area contributed by atoms with Gasteiger partial charge in [0, 0.05) is 42.0 Å². The van der Waals surface area contributed by atoms with Crippen molar-refractivity contribution >= 4 is 34.7 Å². The highest BCUT2D eigenvalue weighted by Gasteiger charge is 2.33. The number of hydrogen-bond acceptors (Lipinski definition) is 12. The molecule has 13 nitrogen and oxygen atoms in total. The molecule has 1 atom stereocenters. The summed E-state index contributed by atoms with van der Waals surface area (Å²) in [5.74, 6) is 0.192. The van der Waals surface area contributed by atoms with Crippen LogP contribution in [-0.2, 0) is 4.74 Å². The first-order valence-corrected chi connectivity index (χ1v) is 9.54. The lowest BCUT2D eigenvalue weighted by Gasteiger charge is -2.33. The van der Waals surface area contributed by atoms with Crippen LogP contribution < -0.4 is 27.0 Å². The molecule has 0 bridgehead atoms. The van der Waals surface area contributed by atoms with Crippen LogP contribution in [0.4, 0.5) is 28.7 Å². The van der Waals surface area contributed by atoms with Crippen molar-refractivity contribution in [2.75, 3.05) is 48.0 Å². The lowest BCUT2D eigenvalue weighted by atomic mass is 9.93. The number of nitro benzene ring substituents is 1. The number of benzene rings is 1. The molecular formula is C19H18N10O3. The highest BCUT2D eigenvalue weighted by molar-refractivity contribution is 5.98. The topological polar surface area (TPSA) is 205 Å². The number of ether oxygens (including phenoxy) is 1. The lowest BCUT2D eigenvalue weighted by molar-refractivity contribution is -0.384. The largest absolute Gasteiger partial charge is 0.397 e. The van der Waals surface area contributed by atoms with Crippen LogP contribution in [-0.4, -0.2) is 42.2 Å². The Morgan fingerprint density at radius 1 is 1.31 bits per heavy atom. The van der Waals surface area contributed by atoms with Crippen LogP contribution >= 0.6 is 0 Å². The van der Waals surface area contributed by atoms with Crippen molar-refractivity contribution in [3.05, 3.63) is 45.0 Å². The van der Waals surface area contributed by atoms with Gasteiger partial charge in [0.15, 0.2) is 6.19 Å². The maximum atomic E-state index is 11.5. The highest BCUT2D eigenvalue weighted by Crippen LogP contribution is 2.44. The van der Waals surface area contributed by atoms with Crippen molar-refractivity contribution in [2.24, 2.45) is 4.99 Å². The van der Waals surface area contributed by atoms with Crippen molar-refractivity contribution in [2.45, 2.75) is 6.04 Å². The molecule has 0 aliphatic carbocycles. The summed E-state index contributed by atoms with van der Waals surface area (Å²) >= 11 is 0. The van der Waals surface area contributed by atoms with E-state index >= 15 is 0 Å². The lowest BCUT2D eigenvalue weighted by Crippen LogP contribution is -2.37. The third-order valence-corrected chi connectivity index (χ3v) is 5.23. The summed E-state index contributed by atoms with van der Waals surface area (Å²) in [7, 11) is 0. The second-order valence-electron chi connectivity index (χ2n) is 7.00. The summed E-state index contributed by atoms with van der Waals surface area (Å²) in [6.45, 7) is 2.16. The predicted octanol–water partition coefficient (Wildman–Crippen LogP) is 0.804. The molecule has 13 heteroatoms. The second kappa shape index (κ2) is 8.25. The number of pyridine rings is 1. The molecular weight excluding hydrogens is 416 g/mol. The number of nitrogens with one attached hydrogen (secondary N) is 2. The van der Waals surface area contributed by atoms with Crippen molar-refractivity contribution in [1.82, 2.24) is 10.3 Å². The number of rotatable bonds is 3. The second-order valence-corrected chi connectivity index (χ2v) is 7.00. The molecule has 2 aliphatic rings. The van der Waals surface area contributed by atoms with Gasteiger partial charge in [-0.1, -0.05) is 0 Å². The fourth-order valence-corrected chi connectivity index (χ4v) is 3.77. The summed E-state index contributed by atoms with van der Waals surface area (Å²) in [4.78, 5) is 21.8. The molecule has 2 aromatic rings. The molecule has 1 aromatic heterocycles. The minimum atomic E-state index is -0.889. The number of nitrogens with zero attached hydrogens (tertiary/aromatic N) is 6. The Hall–Kier alpha value is -4.62. The molecule has 1 saturated heterocycles. The van der Waals surface area contributed by atoms with E-state index in [-0.39, 0.29) is 34.5 Å². The first kappa shape index (κ1) is 20.6. The summed E-state index contributed by atoms with van der Waals surface area (Å²) < 4.78 is 5.42. The zero-order valence-corrected chi connectivity index (χ0v) is 16.7. The van der Waals surface area contributed by atoms with Crippen LogP contribution in [0.25, 0.3) is 0 Å². The van der Waals surface area contributed by atoms with E-state index in [0.717, 1.165) is 0 Å². The molecule has 3 heterocycles. The van der Waals surface area contributed by atoms with Gasteiger partial charge in [-0.25, -0.2) is 9.98 Å². The number of aliphatic imine (C=N–C) groups is 1. The number of nitro groups is 1. The number of nitrogen functional groups attached to an aromatic ring is 2. The zero-order valence-electron chi connectivity index (χ0n) is 16.7. The molecule has 32 heavy (non-hydrogen) atoms. The van der Waals surface area contributed by atoms with Gasteiger partial charge in [0.05, 0.1) is 23.8 Å². The fourth-order valence-electron chi connectivity index (χ4n) is 3.77. The van der Waals surface area contributed by atoms with Gasteiger partial charge < -0.3 is 26.4 Å². The van der Waals surface area contributed by atoms with Gasteiger partial charge in [-0.05, 0) is 6.07 Å². The van der Waals surface area contributed by atoms with Gasteiger partial charge in [-0.15, -0.1) is 0 Å². The molecule has 0 radical (unpaired) electrons. The molecule has 1 fully saturated rings. The van der Waals surface area contributed by atoms with Crippen LogP contribution in [0.3, 0.4) is 0 Å². The van der Waals surface area contributed by atoms with Crippen molar-refractivity contribution in [3.63, 3.8) is 0 Å². The van der Waals surface area contributed by atoms with Crippen LogP contribution in [0.1, 0.15) is 22.7 Å². The van der Waals surface area contributed by atoms with Gasteiger partial charge in [0.25, 0.3) is 5.69 Å². The summed E-state index contributed by atoms with van der Waals surface area (Å²) in [5, 5.41) is 35.4. The van der Waals surface area contributed by atoms with Gasteiger partial charge in [-0.2, -0.15) is 10.5 Å². The van der Waals surface area contributed by atoms with Crippen LogP contribution in [0.15, 0.2) is 23.2 Å². The Labute approximate surface area is 182 Å². The van der Waals surface area contributed by atoms with E-state index in [1.54, 1.807) is 12.3 Å². The molecule has 1 aromatic carbocycles. The van der Waals surface area contributed by atoms with E-state index < -0.39 is 11.0 Å². The van der Waals surface area contributed by atoms with E-state index in [2.05, 4.69) is 20.6 Å². The van der Waals surface area contributed by atoms with Crippen LogP contribution in [0.5, 0.6) is 0 Å². The third-order valence-electron chi connectivity index (χ3n) is 5.23. The Balaban J connectivity index is 1.97. The van der Waals surface area contributed by atoms with E-state index in [9.17, 15) is 15.4 Å². The normalized spacial score (nSPS) is 17.2. The first-order valence-electron chi connectivity index (χ1n) is 9.54. The number of nitrogens with two attached hydrogens (primary N) is 2. The molecule has 0 saturated carbocycles. The molecule has 162 valence electrons. The predicted molar refractivity (Wildman–Crippen MR) is 116 cm³/mol. The number of aromatic nitrogens is 1. The van der Waals surface area contributed by atoms with Crippen LogP contribution in [0, 0.1) is 32.9 Å². The minimum absolute atomic E-state index is 0.0132. The van der Waals surface area contributed by atoms with E-state index in [1.165, 1.54) is 12.1 Å². The maximum Gasteiger partial charge on any atom is 0.269 e. The van der Waals surface area contributed by atoms with Crippen molar-refractivity contribution in [3.8, 4) is 12.3 Å². The average molecular weight is 434 g/mol. The summed E-state index contributed by atoms with van der Waals surface area (Å²) in [6.07, 6.45) is 1.78. The van der Waals surface area contributed by atoms with E-state index in [1.807, 2.05) is 11.0 Å². The number of hydrogen-bond donors (Lipinski definition) is 4. The minimum Gasteiger partial charge on any atom is -0.397 e. The number of anilines is 4. The van der Waals surface area contributed by atoms with Gasteiger partial charge in [0.2, 0.25) is 5.96 Å². The Morgan fingerprint density at radius 2 is 2.06 bits per heavy atom. The van der Waals surface area contributed by atoms with Gasteiger partial charge in [0.1, 0.15) is 29.3 Å². The monoisotopic (exact) mass is 434 g/mol. The average Bonchev–Trinajstić information content (AvgIpc) is 2.79. The SMILES string of the molecule is N#CNC1=NC(c2cc([N+](=O)[O-])ccc2N2CCOCC2)c2c(nc(N)c(C#N)c2N)N1. The number of nitriles is 2.